The molecule has 116 valence electrons. The third kappa shape index (κ3) is 1.95. The van der Waals surface area contributed by atoms with Gasteiger partial charge in [0.15, 0.2) is 5.84 Å². The molecular formula is C15H18ClN5O. The van der Waals surface area contributed by atoms with Gasteiger partial charge >= 0.3 is 0 Å². The lowest BCUT2D eigenvalue weighted by molar-refractivity contribution is -0.155. The number of aliphatic imine (C=N–C) groups is 1. The van der Waals surface area contributed by atoms with E-state index >= 15 is 0 Å². The standard InChI is InChI=1S/C15H17N5O.ClH/c1-2-13-8-11(9-20(13)16-5-1)14-17-15(21-18-14)10-19-6-3-12(15)4-7-19;/h1-2,5,8-9,12H,3-4,6-7,10H2,(H,17,18);1H. The van der Waals surface area contributed by atoms with Crippen LogP contribution in [-0.2, 0) is 4.84 Å². The minimum atomic E-state index is -0.382. The summed E-state index contributed by atoms with van der Waals surface area (Å²) in [6.45, 7) is 3.26. The summed E-state index contributed by atoms with van der Waals surface area (Å²) < 4.78 is 1.86. The summed E-state index contributed by atoms with van der Waals surface area (Å²) in [7, 11) is 0. The fourth-order valence-electron chi connectivity index (χ4n) is 3.80. The van der Waals surface area contributed by atoms with Crippen molar-refractivity contribution in [2.75, 3.05) is 19.6 Å². The van der Waals surface area contributed by atoms with Crippen LogP contribution in [0.2, 0.25) is 0 Å². The van der Waals surface area contributed by atoms with Crippen molar-refractivity contribution in [3.8, 4) is 0 Å². The Bertz CT molecular complexity index is 703. The molecule has 2 aromatic heterocycles. The molecule has 2 aromatic rings. The van der Waals surface area contributed by atoms with E-state index in [1.165, 1.54) is 25.9 Å². The van der Waals surface area contributed by atoms with Crippen molar-refractivity contribution in [2.45, 2.75) is 18.6 Å². The van der Waals surface area contributed by atoms with Crippen molar-refractivity contribution in [3.63, 3.8) is 0 Å². The molecule has 22 heavy (non-hydrogen) atoms. The molecule has 0 aliphatic carbocycles. The largest absolute Gasteiger partial charge is 0.298 e. The molecule has 0 saturated carbocycles. The number of piperidine rings is 3. The molecule has 6 nitrogen and oxygen atoms in total. The van der Waals surface area contributed by atoms with Crippen LogP contribution >= 0.6 is 12.4 Å². The SMILES string of the molecule is Cl.c1cnn2cc(C3=NC4(CN5CCC4CC5)ON3)cc2c1. The highest BCUT2D eigenvalue weighted by Gasteiger charge is 2.51. The molecule has 6 rings (SSSR count). The summed E-state index contributed by atoms with van der Waals surface area (Å²) >= 11 is 0. The molecule has 2 bridgehead atoms. The minimum absolute atomic E-state index is 0. The van der Waals surface area contributed by atoms with E-state index in [2.05, 4.69) is 21.5 Å². The first kappa shape index (κ1) is 14.0. The van der Waals surface area contributed by atoms with E-state index in [4.69, 9.17) is 9.83 Å². The number of nitrogens with one attached hydrogen (secondary N) is 1. The van der Waals surface area contributed by atoms with Crippen LogP contribution in [0.4, 0.5) is 0 Å². The van der Waals surface area contributed by atoms with Crippen LogP contribution in [0.25, 0.3) is 5.52 Å². The van der Waals surface area contributed by atoms with Crippen LogP contribution in [0.1, 0.15) is 18.4 Å². The first-order valence-corrected chi connectivity index (χ1v) is 7.52. The number of hydroxylamine groups is 1. The first-order chi connectivity index (χ1) is 10.3. The number of halogens is 1. The molecule has 3 fully saturated rings. The van der Waals surface area contributed by atoms with Gasteiger partial charge in [-0.25, -0.2) is 19.8 Å². The lowest BCUT2D eigenvalue weighted by atomic mass is 9.81. The highest BCUT2D eigenvalue weighted by atomic mass is 35.5. The monoisotopic (exact) mass is 319 g/mol. The van der Waals surface area contributed by atoms with Gasteiger partial charge in [-0.2, -0.15) is 5.10 Å². The molecule has 1 N–H and O–H groups in total. The number of nitrogens with zero attached hydrogens (tertiary/aromatic N) is 4. The highest BCUT2D eigenvalue weighted by molar-refractivity contribution is 6.00. The Kier molecular flexibility index (Phi) is 3.14. The molecule has 1 unspecified atom stereocenters. The molecule has 0 radical (unpaired) electrons. The lowest BCUT2D eigenvalue weighted by Gasteiger charge is -2.47. The van der Waals surface area contributed by atoms with Crippen molar-refractivity contribution in [2.24, 2.45) is 10.9 Å². The predicted molar refractivity (Wildman–Crippen MR) is 85.1 cm³/mol. The summed E-state index contributed by atoms with van der Waals surface area (Å²) in [5.41, 5.74) is 4.77. The summed E-state index contributed by atoms with van der Waals surface area (Å²) in [6.07, 6.45) is 6.13. The summed E-state index contributed by atoms with van der Waals surface area (Å²) in [4.78, 5) is 13.3. The number of aromatic nitrogens is 2. The Morgan fingerprint density at radius 2 is 2.18 bits per heavy atom. The molecule has 4 aliphatic heterocycles. The van der Waals surface area contributed by atoms with Crippen molar-refractivity contribution < 1.29 is 4.84 Å². The van der Waals surface area contributed by atoms with Gasteiger partial charge in [0.1, 0.15) is 0 Å². The number of fused-ring (bicyclic) bond motifs is 3. The van der Waals surface area contributed by atoms with Crippen LogP contribution in [0.5, 0.6) is 0 Å². The van der Waals surface area contributed by atoms with E-state index in [0.29, 0.717) is 5.92 Å². The van der Waals surface area contributed by atoms with E-state index < -0.39 is 0 Å². The number of amidine groups is 1. The van der Waals surface area contributed by atoms with Gasteiger partial charge in [-0.05, 0) is 44.1 Å². The van der Waals surface area contributed by atoms with Gasteiger partial charge < -0.3 is 0 Å². The second kappa shape index (κ2) is 4.94. The fourth-order valence-corrected chi connectivity index (χ4v) is 3.80. The van der Waals surface area contributed by atoms with E-state index in [1.807, 2.05) is 22.8 Å². The Morgan fingerprint density at radius 3 is 2.91 bits per heavy atom. The maximum atomic E-state index is 5.95. The second-order valence-corrected chi connectivity index (χ2v) is 6.18. The van der Waals surface area contributed by atoms with Crippen molar-refractivity contribution >= 4 is 23.8 Å². The zero-order valence-corrected chi connectivity index (χ0v) is 12.9. The maximum Gasteiger partial charge on any atom is 0.202 e. The fraction of sp³-hybridized carbons (Fsp3) is 0.467. The Balaban J connectivity index is 0.00000125. The zero-order chi connectivity index (χ0) is 13.9. The molecule has 4 aliphatic rings. The molecule has 7 heteroatoms. The normalized spacial score (nSPS) is 32.8. The Hall–Kier alpha value is -1.63. The predicted octanol–water partition coefficient (Wildman–Crippen LogP) is 1.46. The van der Waals surface area contributed by atoms with Crippen LogP contribution < -0.4 is 5.48 Å². The topological polar surface area (TPSA) is 54.2 Å². The molecule has 0 amide bonds. The van der Waals surface area contributed by atoms with Crippen molar-refractivity contribution in [1.29, 1.82) is 0 Å². The molecular weight excluding hydrogens is 302 g/mol. The number of rotatable bonds is 1. The van der Waals surface area contributed by atoms with Gasteiger partial charge in [-0.1, -0.05) is 0 Å². The van der Waals surface area contributed by atoms with E-state index in [1.54, 1.807) is 6.20 Å². The Morgan fingerprint density at radius 1 is 1.32 bits per heavy atom. The van der Waals surface area contributed by atoms with Crippen LogP contribution in [-0.4, -0.2) is 45.7 Å². The Labute approximate surface area is 134 Å². The third-order valence-corrected chi connectivity index (χ3v) is 4.95. The third-order valence-electron chi connectivity index (χ3n) is 4.95. The van der Waals surface area contributed by atoms with Gasteiger partial charge in [0, 0.05) is 23.9 Å². The minimum Gasteiger partial charge on any atom is -0.298 e. The second-order valence-electron chi connectivity index (χ2n) is 6.18. The van der Waals surface area contributed by atoms with Gasteiger partial charge in [0.25, 0.3) is 0 Å². The van der Waals surface area contributed by atoms with E-state index in [-0.39, 0.29) is 18.1 Å². The zero-order valence-electron chi connectivity index (χ0n) is 12.1. The van der Waals surface area contributed by atoms with Crippen molar-refractivity contribution in [1.82, 2.24) is 20.0 Å². The number of hydrogen-bond donors (Lipinski definition) is 1. The summed E-state index contributed by atoms with van der Waals surface area (Å²) in [6, 6.07) is 6.06. The smallest absolute Gasteiger partial charge is 0.202 e. The van der Waals surface area contributed by atoms with E-state index in [9.17, 15) is 0 Å². The molecule has 0 aromatic carbocycles. The molecule has 1 atom stereocenters. The highest BCUT2D eigenvalue weighted by Crippen LogP contribution is 2.40. The number of hydrogen-bond acceptors (Lipinski definition) is 5. The summed E-state index contributed by atoms with van der Waals surface area (Å²) in [5.74, 6) is 1.36. The van der Waals surface area contributed by atoms with Crippen LogP contribution in [0.3, 0.4) is 0 Å². The summed E-state index contributed by atoms with van der Waals surface area (Å²) in [5, 5.41) is 4.30. The van der Waals surface area contributed by atoms with Crippen LogP contribution in [0, 0.1) is 5.92 Å². The van der Waals surface area contributed by atoms with Gasteiger partial charge in [0.05, 0.1) is 12.1 Å². The van der Waals surface area contributed by atoms with E-state index in [0.717, 1.165) is 23.5 Å². The molecule has 6 heterocycles. The van der Waals surface area contributed by atoms with Gasteiger partial charge in [-0.3, -0.25) is 4.90 Å². The van der Waals surface area contributed by atoms with Gasteiger partial charge in [-0.15, -0.1) is 12.4 Å². The van der Waals surface area contributed by atoms with Crippen molar-refractivity contribution in [3.05, 3.63) is 36.2 Å². The maximum absolute atomic E-state index is 5.95. The average molecular weight is 320 g/mol. The van der Waals surface area contributed by atoms with Gasteiger partial charge in [0.2, 0.25) is 5.72 Å². The lowest BCUT2D eigenvalue weighted by Crippen LogP contribution is -2.58. The van der Waals surface area contributed by atoms with Crippen LogP contribution in [0.15, 0.2) is 35.6 Å². The molecule has 3 saturated heterocycles. The quantitative estimate of drug-likeness (QED) is 0.864. The average Bonchev–Trinajstić information content (AvgIpc) is 3.13. The molecule has 1 spiro atoms. The first-order valence-electron chi connectivity index (χ1n) is 7.52.